The van der Waals surface area contributed by atoms with Gasteiger partial charge in [0.1, 0.15) is 0 Å². The van der Waals surface area contributed by atoms with Crippen LogP contribution in [0.4, 0.5) is 0 Å². The lowest BCUT2D eigenvalue weighted by Crippen LogP contribution is -2.61. The summed E-state index contributed by atoms with van der Waals surface area (Å²) in [7, 11) is 0. The highest BCUT2D eigenvalue weighted by Crippen LogP contribution is 2.35. The summed E-state index contributed by atoms with van der Waals surface area (Å²) in [4.78, 5) is 61.8. The number of amides is 4. The lowest BCUT2D eigenvalue weighted by Gasteiger charge is -2.38. The second kappa shape index (κ2) is 11.8. The Balaban J connectivity index is 1.12. The molecule has 7 rings (SSSR count). The van der Waals surface area contributed by atoms with Crippen molar-refractivity contribution in [3.63, 3.8) is 0 Å². The Morgan fingerprint density at radius 2 is 1.26 bits per heavy atom. The molecule has 3 N–H and O–H groups in total. The zero-order valence-corrected chi connectivity index (χ0v) is 26.2. The maximum absolute atomic E-state index is 13.9. The second-order valence-electron chi connectivity index (χ2n) is 11.9. The fraction of sp³-hybridized carbons (Fsp3) is 0.250. The maximum Gasteiger partial charge on any atom is 0.262 e. The van der Waals surface area contributed by atoms with Gasteiger partial charge in [0, 0.05) is 57.4 Å². The third-order valence-electron chi connectivity index (χ3n) is 9.18. The van der Waals surface area contributed by atoms with Crippen LogP contribution in [0.2, 0.25) is 0 Å². The smallest absolute Gasteiger partial charge is 0.262 e. The van der Waals surface area contributed by atoms with Gasteiger partial charge in [-0.25, -0.2) is 4.98 Å². The van der Waals surface area contributed by atoms with Gasteiger partial charge in [0.15, 0.2) is 0 Å². The van der Waals surface area contributed by atoms with Crippen molar-refractivity contribution >= 4 is 45.2 Å². The van der Waals surface area contributed by atoms with E-state index in [2.05, 4.69) is 15.6 Å². The van der Waals surface area contributed by atoms with E-state index in [0.29, 0.717) is 45.9 Å². The standard InChI is InChI=1S/C36H34N6O5/c1-4-30(38-20(2)41-33(44)25-9-5-7-23-22(15-18-43)11-12-27(31(23)25)35(41)46)39-21(3)42-34(45)26-10-6-8-24-29(40-17-16-37-19-40)14-13-28(32(24)26)36(42)47/h5-14,16-17,19-21,30,38-39,43H,4,15,18H2,1-3H3. The lowest BCUT2D eigenvalue weighted by molar-refractivity contribution is 0.0473. The molecule has 0 saturated heterocycles. The number of aromatic nitrogens is 2. The van der Waals surface area contributed by atoms with Crippen LogP contribution in [0.25, 0.3) is 27.2 Å². The highest BCUT2D eigenvalue weighted by molar-refractivity contribution is 6.27. The van der Waals surface area contributed by atoms with Crippen molar-refractivity contribution in [2.75, 3.05) is 6.61 Å². The topological polar surface area (TPSA) is 137 Å². The number of hydrogen-bond donors (Lipinski definition) is 3. The molecule has 0 aliphatic carbocycles. The number of imidazole rings is 1. The highest BCUT2D eigenvalue weighted by atomic mass is 16.3. The van der Waals surface area contributed by atoms with E-state index >= 15 is 0 Å². The molecule has 3 atom stereocenters. The highest BCUT2D eigenvalue weighted by Gasteiger charge is 2.39. The minimum Gasteiger partial charge on any atom is -0.396 e. The summed E-state index contributed by atoms with van der Waals surface area (Å²) in [6, 6.07) is 17.9. The summed E-state index contributed by atoms with van der Waals surface area (Å²) in [6.07, 6.45) is 4.20. The normalized spacial score (nSPS) is 16.3. The van der Waals surface area contributed by atoms with E-state index in [1.165, 1.54) is 9.80 Å². The molecule has 4 amide bonds. The molecular weight excluding hydrogens is 596 g/mol. The van der Waals surface area contributed by atoms with Crippen LogP contribution in [-0.2, 0) is 6.42 Å². The maximum atomic E-state index is 13.9. The van der Waals surface area contributed by atoms with Gasteiger partial charge in [0.05, 0.1) is 30.5 Å². The average Bonchev–Trinajstić information content (AvgIpc) is 3.61. The Bertz CT molecular complexity index is 2050. The summed E-state index contributed by atoms with van der Waals surface area (Å²) in [5.74, 6) is -1.66. The van der Waals surface area contributed by atoms with E-state index in [-0.39, 0.29) is 6.61 Å². The van der Waals surface area contributed by atoms with Crippen molar-refractivity contribution < 1.29 is 24.3 Å². The van der Waals surface area contributed by atoms with Crippen LogP contribution in [0.3, 0.4) is 0 Å². The predicted octanol–water partition coefficient (Wildman–Crippen LogP) is 4.21. The Hall–Kier alpha value is -5.23. The Kier molecular flexibility index (Phi) is 7.67. The van der Waals surface area contributed by atoms with Crippen LogP contribution >= 0.6 is 0 Å². The van der Waals surface area contributed by atoms with Crippen molar-refractivity contribution in [3.8, 4) is 5.69 Å². The van der Waals surface area contributed by atoms with Crippen molar-refractivity contribution in [2.45, 2.75) is 52.1 Å². The number of benzene rings is 4. The molecule has 0 bridgehead atoms. The first-order chi connectivity index (χ1) is 22.7. The summed E-state index contributed by atoms with van der Waals surface area (Å²) < 4.78 is 1.85. The summed E-state index contributed by atoms with van der Waals surface area (Å²) in [5.41, 5.74) is 3.40. The van der Waals surface area contributed by atoms with E-state index in [4.69, 9.17) is 0 Å². The zero-order chi connectivity index (χ0) is 33.0. The second-order valence-corrected chi connectivity index (χ2v) is 11.9. The molecule has 2 aliphatic heterocycles. The van der Waals surface area contributed by atoms with Gasteiger partial charge in [-0.1, -0.05) is 37.3 Å². The predicted molar refractivity (Wildman–Crippen MR) is 176 cm³/mol. The number of aliphatic hydroxyl groups excluding tert-OH is 1. The summed E-state index contributed by atoms with van der Waals surface area (Å²) in [6.45, 7) is 5.37. The van der Waals surface area contributed by atoms with Crippen LogP contribution in [0.1, 0.15) is 74.2 Å². The summed E-state index contributed by atoms with van der Waals surface area (Å²) >= 11 is 0. The van der Waals surface area contributed by atoms with Gasteiger partial charge in [0.2, 0.25) is 0 Å². The first-order valence-electron chi connectivity index (χ1n) is 15.7. The Morgan fingerprint density at radius 1 is 0.723 bits per heavy atom. The lowest BCUT2D eigenvalue weighted by atomic mass is 9.90. The number of rotatable bonds is 10. The van der Waals surface area contributed by atoms with Gasteiger partial charge < -0.3 is 9.67 Å². The fourth-order valence-electron chi connectivity index (χ4n) is 6.96. The molecule has 11 nitrogen and oxygen atoms in total. The van der Waals surface area contributed by atoms with Gasteiger partial charge in [-0.2, -0.15) is 0 Å². The van der Waals surface area contributed by atoms with E-state index in [0.717, 1.165) is 22.0 Å². The molecule has 2 aliphatic rings. The van der Waals surface area contributed by atoms with Crippen LogP contribution in [0.15, 0.2) is 79.4 Å². The quantitative estimate of drug-likeness (QED) is 0.154. The van der Waals surface area contributed by atoms with E-state index in [1.54, 1.807) is 56.7 Å². The average molecular weight is 631 g/mol. The molecule has 11 heteroatoms. The molecule has 238 valence electrons. The monoisotopic (exact) mass is 630 g/mol. The molecule has 3 heterocycles. The number of hydrogen-bond acceptors (Lipinski definition) is 8. The molecule has 0 saturated carbocycles. The molecule has 5 aromatic rings. The van der Waals surface area contributed by atoms with Gasteiger partial charge in [0.25, 0.3) is 23.6 Å². The Labute approximate surface area is 270 Å². The van der Waals surface area contributed by atoms with Gasteiger partial charge >= 0.3 is 0 Å². The summed E-state index contributed by atoms with van der Waals surface area (Å²) in [5, 5.41) is 19.0. The van der Waals surface area contributed by atoms with Crippen molar-refractivity contribution in [2.24, 2.45) is 0 Å². The fourth-order valence-corrected chi connectivity index (χ4v) is 6.96. The number of carbonyl (C=O) groups excluding carboxylic acids is 4. The Morgan fingerprint density at radius 3 is 1.79 bits per heavy atom. The van der Waals surface area contributed by atoms with Crippen LogP contribution in [0.5, 0.6) is 0 Å². The van der Waals surface area contributed by atoms with Gasteiger partial charge in [-0.15, -0.1) is 0 Å². The number of nitrogens with one attached hydrogen (secondary N) is 2. The molecule has 47 heavy (non-hydrogen) atoms. The van der Waals surface area contributed by atoms with Crippen molar-refractivity contribution in [3.05, 3.63) is 107 Å². The molecule has 3 unspecified atom stereocenters. The molecule has 0 fully saturated rings. The molecule has 0 spiro atoms. The van der Waals surface area contributed by atoms with Gasteiger partial charge in [-0.3, -0.25) is 39.6 Å². The van der Waals surface area contributed by atoms with Crippen LogP contribution < -0.4 is 10.6 Å². The number of imide groups is 2. The molecule has 1 aromatic heterocycles. The van der Waals surface area contributed by atoms with Crippen molar-refractivity contribution in [1.82, 2.24) is 30.0 Å². The minimum absolute atomic E-state index is 0.0402. The first-order valence-corrected chi connectivity index (χ1v) is 15.7. The van der Waals surface area contributed by atoms with Crippen LogP contribution in [0, 0.1) is 0 Å². The van der Waals surface area contributed by atoms with E-state index in [9.17, 15) is 24.3 Å². The SMILES string of the molecule is CCC(NC(C)N1C(=O)c2cccc3c(CCO)ccc(c23)C1=O)NC(C)N1C(=O)c2cccc3c(-n4ccnc4)ccc(c23)C1=O. The molecule has 4 aromatic carbocycles. The van der Waals surface area contributed by atoms with E-state index < -0.39 is 42.1 Å². The third kappa shape index (κ3) is 4.82. The minimum atomic E-state index is -0.719. The van der Waals surface area contributed by atoms with E-state index in [1.807, 2.05) is 48.0 Å². The zero-order valence-electron chi connectivity index (χ0n) is 26.2. The largest absolute Gasteiger partial charge is 0.396 e. The first kappa shape index (κ1) is 30.4. The number of carbonyl (C=O) groups is 4. The molecule has 0 radical (unpaired) electrons. The molecular formula is C36H34N6O5. The van der Waals surface area contributed by atoms with Crippen molar-refractivity contribution in [1.29, 1.82) is 0 Å². The number of nitrogens with zero attached hydrogens (tertiary/aromatic N) is 4. The third-order valence-corrected chi connectivity index (χ3v) is 9.18. The van der Waals surface area contributed by atoms with Gasteiger partial charge in [-0.05, 0) is 68.0 Å². The van der Waals surface area contributed by atoms with Crippen LogP contribution in [-0.4, -0.2) is 73.2 Å². The number of aliphatic hydroxyl groups is 1.